The summed E-state index contributed by atoms with van der Waals surface area (Å²) in [6.07, 6.45) is 0. The molecular weight excluding hydrogens is 277 g/mol. The summed E-state index contributed by atoms with van der Waals surface area (Å²) in [6.45, 7) is 0.680. The van der Waals surface area contributed by atoms with Gasteiger partial charge in [0.05, 0.1) is 0 Å². The largest absolute Gasteiger partial charge is 0.329 e. The minimum atomic E-state index is -0.617. The van der Waals surface area contributed by atoms with Crippen LogP contribution in [0.5, 0.6) is 0 Å². The second-order valence-electron chi connectivity index (χ2n) is 4.96. The van der Waals surface area contributed by atoms with Crippen LogP contribution in [0, 0.1) is 17.5 Å². The molecule has 0 bridgehead atoms. The van der Waals surface area contributed by atoms with Crippen LogP contribution in [-0.4, -0.2) is 18.5 Å². The fourth-order valence-corrected chi connectivity index (χ4v) is 2.30. The van der Waals surface area contributed by atoms with Crippen molar-refractivity contribution in [1.29, 1.82) is 0 Å². The summed E-state index contributed by atoms with van der Waals surface area (Å²) < 4.78 is 39.7. The molecule has 0 aliphatic heterocycles. The number of halogens is 3. The Kier molecular flexibility index (Phi) is 4.98. The smallest absolute Gasteiger partial charge is 0.130 e. The molecule has 5 heteroatoms. The third kappa shape index (κ3) is 3.83. The van der Waals surface area contributed by atoms with Crippen molar-refractivity contribution in [2.45, 2.75) is 12.6 Å². The molecule has 2 aromatic carbocycles. The van der Waals surface area contributed by atoms with Crippen LogP contribution >= 0.6 is 0 Å². The number of rotatable bonds is 5. The molecule has 2 rings (SSSR count). The lowest BCUT2D eigenvalue weighted by atomic mass is 10.0. The Bertz CT molecular complexity index is 599. The van der Waals surface area contributed by atoms with Gasteiger partial charge in [0.15, 0.2) is 0 Å². The molecule has 0 aliphatic rings. The zero-order valence-corrected chi connectivity index (χ0v) is 11.7. The van der Waals surface area contributed by atoms with E-state index in [0.717, 1.165) is 11.6 Å². The molecule has 21 heavy (non-hydrogen) atoms. The predicted octanol–water partition coefficient (Wildman–Crippen LogP) is 3.24. The predicted molar refractivity (Wildman–Crippen MR) is 76.0 cm³/mol. The summed E-state index contributed by atoms with van der Waals surface area (Å²) in [4.78, 5) is 1.85. The van der Waals surface area contributed by atoms with E-state index in [0.29, 0.717) is 12.1 Å². The molecule has 2 N–H and O–H groups in total. The highest BCUT2D eigenvalue weighted by atomic mass is 19.1. The van der Waals surface area contributed by atoms with Crippen molar-refractivity contribution >= 4 is 0 Å². The summed E-state index contributed by atoms with van der Waals surface area (Å²) in [7, 11) is 1.80. The van der Waals surface area contributed by atoms with Gasteiger partial charge in [0.1, 0.15) is 17.5 Å². The molecule has 0 heterocycles. The molecule has 0 amide bonds. The van der Waals surface area contributed by atoms with Crippen LogP contribution in [-0.2, 0) is 6.54 Å². The van der Waals surface area contributed by atoms with E-state index >= 15 is 0 Å². The lowest BCUT2D eigenvalue weighted by Gasteiger charge is -2.27. The molecule has 0 radical (unpaired) electrons. The molecule has 1 unspecified atom stereocenters. The van der Waals surface area contributed by atoms with Crippen LogP contribution in [0.3, 0.4) is 0 Å². The minimum absolute atomic E-state index is 0.195. The van der Waals surface area contributed by atoms with Crippen molar-refractivity contribution in [2.24, 2.45) is 5.73 Å². The number of hydrogen-bond donors (Lipinski definition) is 1. The van der Waals surface area contributed by atoms with Gasteiger partial charge in [0, 0.05) is 30.8 Å². The first-order valence-electron chi connectivity index (χ1n) is 6.61. The Morgan fingerprint density at radius 2 is 1.62 bits per heavy atom. The molecule has 0 spiro atoms. The highest BCUT2D eigenvalue weighted by Gasteiger charge is 2.19. The second-order valence-corrected chi connectivity index (χ2v) is 4.96. The van der Waals surface area contributed by atoms with Crippen molar-refractivity contribution in [1.82, 2.24) is 4.90 Å². The van der Waals surface area contributed by atoms with Gasteiger partial charge in [0.25, 0.3) is 0 Å². The highest BCUT2D eigenvalue weighted by Crippen LogP contribution is 2.23. The maximum absolute atomic E-state index is 13.9. The third-order valence-corrected chi connectivity index (χ3v) is 3.42. The SMILES string of the molecule is CN(Cc1ccc(F)cc1)C(CN)c1ccc(F)cc1F. The lowest BCUT2D eigenvalue weighted by Crippen LogP contribution is -2.31. The van der Waals surface area contributed by atoms with E-state index < -0.39 is 11.6 Å². The van der Waals surface area contributed by atoms with Crippen LogP contribution in [0.15, 0.2) is 42.5 Å². The van der Waals surface area contributed by atoms with Crippen molar-refractivity contribution in [3.8, 4) is 0 Å². The van der Waals surface area contributed by atoms with E-state index in [1.807, 2.05) is 4.90 Å². The van der Waals surface area contributed by atoms with Gasteiger partial charge in [-0.1, -0.05) is 18.2 Å². The average molecular weight is 294 g/mol. The van der Waals surface area contributed by atoms with E-state index in [1.165, 1.54) is 24.3 Å². The average Bonchev–Trinajstić information content (AvgIpc) is 2.44. The summed E-state index contributed by atoms with van der Waals surface area (Å²) in [5.74, 6) is -1.54. The van der Waals surface area contributed by atoms with E-state index in [4.69, 9.17) is 5.73 Å². The first kappa shape index (κ1) is 15.5. The maximum Gasteiger partial charge on any atom is 0.130 e. The van der Waals surface area contributed by atoms with Crippen molar-refractivity contribution in [3.63, 3.8) is 0 Å². The van der Waals surface area contributed by atoms with E-state index in [2.05, 4.69) is 0 Å². The summed E-state index contributed by atoms with van der Waals surface area (Å²) in [5.41, 5.74) is 6.97. The molecule has 0 saturated carbocycles. The van der Waals surface area contributed by atoms with Crippen LogP contribution in [0.4, 0.5) is 13.2 Å². The van der Waals surface area contributed by atoms with Gasteiger partial charge in [-0.05, 0) is 30.8 Å². The monoisotopic (exact) mass is 294 g/mol. The van der Waals surface area contributed by atoms with Crippen molar-refractivity contribution in [2.75, 3.05) is 13.6 Å². The maximum atomic E-state index is 13.9. The normalized spacial score (nSPS) is 12.7. The molecule has 0 aromatic heterocycles. The molecule has 0 aliphatic carbocycles. The number of nitrogens with zero attached hydrogens (tertiary/aromatic N) is 1. The zero-order chi connectivity index (χ0) is 15.4. The molecule has 0 saturated heterocycles. The molecular formula is C16H17F3N2. The zero-order valence-electron chi connectivity index (χ0n) is 11.7. The minimum Gasteiger partial charge on any atom is -0.329 e. The number of hydrogen-bond acceptors (Lipinski definition) is 2. The Morgan fingerprint density at radius 3 is 2.19 bits per heavy atom. The molecule has 2 aromatic rings. The standard InChI is InChI=1S/C16H17F3N2/c1-21(10-11-2-4-12(17)5-3-11)16(9-20)14-7-6-13(18)8-15(14)19/h2-8,16H,9-10,20H2,1H3. The quantitative estimate of drug-likeness (QED) is 0.917. The van der Waals surface area contributed by atoms with Crippen molar-refractivity contribution in [3.05, 3.63) is 71.0 Å². The van der Waals surface area contributed by atoms with E-state index in [1.54, 1.807) is 19.2 Å². The van der Waals surface area contributed by atoms with Crippen LogP contribution < -0.4 is 5.73 Å². The van der Waals surface area contributed by atoms with Crippen molar-refractivity contribution < 1.29 is 13.2 Å². The van der Waals surface area contributed by atoms with Crippen LogP contribution in [0.25, 0.3) is 0 Å². The Labute approximate surface area is 122 Å². The Morgan fingerprint density at radius 1 is 1.00 bits per heavy atom. The van der Waals surface area contributed by atoms with E-state index in [-0.39, 0.29) is 18.4 Å². The number of benzene rings is 2. The van der Waals surface area contributed by atoms with Gasteiger partial charge < -0.3 is 5.73 Å². The van der Waals surface area contributed by atoms with E-state index in [9.17, 15) is 13.2 Å². The Hall–Kier alpha value is -1.85. The van der Waals surface area contributed by atoms with Gasteiger partial charge in [-0.25, -0.2) is 13.2 Å². The molecule has 0 fully saturated rings. The van der Waals surface area contributed by atoms with Gasteiger partial charge in [-0.15, -0.1) is 0 Å². The second kappa shape index (κ2) is 6.74. The fraction of sp³-hybridized carbons (Fsp3) is 0.250. The van der Waals surface area contributed by atoms with Gasteiger partial charge in [-0.2, -0.15) is 0 Å². The summed E-state index contributed by atoms with van der Waals surface area (Å²) in [6, 6.07) is 9.18. The van der Waals surface area contributed by atoms with Crippen LogP contribution in [0.1, 0.15) is 17.2 Å². The number of nitrogens with two attached hydrogens (primary N) is 1. The molecule has 1 atom stereocenters. The van der Waals surface area contributed by atoms with Gasteiger partial charge in [0.2, 0.25) is 0 Å². The van der Waals surface area contributed by atoms with Crippen LogP contribution in [0.2, 0.25) is 0 Å². The van der Waals surface area contributed by atoms with Gasteiger partial charge in [-0.3, -0.25) is 4.90 Å². The summed E-state index contributed by atoms with van der Waals surface area (Å²) in [5, 5.41) is 0. The first-order valence-corrected chi connectivity index (χ1v) is 6.61. The molecule has 112 valence electrons. The van der Waals surface area contributed by atoms with Gasteiger partial charge >= 0.3 is 0 Å². The topological polar surface area (TPSA) is 29.3 Å². The first-order chi connectivity index (χ1) is 10.0. The summed E-state index contributed by atoms with van der Waals surface area (Å²) >= 11 is 0. The molecule has 2 nitrogen and oxygen atoms in total. The number of likely N-dealkylation sites (N-methyl/N-ethyl adjacent to an activating group) is 1. The fourth-order valence-electron chi connectivity index (χ4n) is 2.30. The highest BCUT2D eigenvalue weighted by molar-refractivity contribution is 5.23. The lowest BCUT2D eigenvalue weighted by molar-refractivity contribution is 0.236. The Balaban J connectivity index is 2.18. The third-order valence-electron chi connectivity index (χ3n) is 3.42.